The van der Waals surface area contributed by atoms with E-state index in [4.69, 9.17) is 9.57 Å². The van der Waals surface area contributed by atoms with Crippen molar-refractivity contribution in [1.29, 1.82) is 0 Å². The summed E-state index contributed by atoms with van der Waals surface area (Å²) in [6.45, 7) is 6.71. The van der Waals surface area contributed by atoms with Gasteiger partial charge in [-0.2, -0.15) is 0 Å². The summed E-state index contributed by atoms with van der Waals surface area (Å²) in [5, 5.41) is 5.01. The van der Waals surface area contributed by atoms with E-state index in [0.717, 1.165) is 6.07 Å². The van der Waals surface area contributed by atoms with Crippen molar-refractivity contribution in [2.24, 2.45) is 0 Å². The summed E-state index contributed by atoms with van der Waals surface area (Å²) >= 11 is 0. The number of amides is 2. The Bertz CT molecular complexity index is 962. The summed E-state index contributed by atoms with van der Waals surface area (Å²) < 4.78 is 46.6. The van der Waals surface area contributed by atoms with E-state index < -0.39 is 35.1 Å². The van der Waals surface area contributed by atoms with Crippen molar-refractivity contribution >= 4 is 23.4 Å². The minimum atomic E-state index is -1.26. The molecule has 0 saturated heterocycles. The van der Waals surface area contributed by atoms with Gasteiger partial charge in [-0.05, 0) is 51.5 Å². The highest BCUT2D eigenvalue weighted by atomic mass is 19.2. The fraction of sp³-hybridized carbons (Fsp3) is 0.333. The SMILES string of the molecule is Cc1ccc(Nc2cc(F)c(F)cc2C(=O)NOCCNC(=O)OC(C)(C)C)c(F)c1. The maximum Gasteiger partial charge on any atom is 0.407 e. The minimum Gasteiger partial charge on any atom is -0.444 e. The van der Waals surface area contributed by atoms with Crippen molar-refractivity contribution in [3.8, 4) is 0 Å². The molecule has 0 aliphatic heterocycles. The Morgan fingerprint density at radius 3 is 2.29 bits per heavy atom. The summed E-state index contributed by atoms with van der Waals surface area (Å²) in [4.78, 5) is 28.9. The first kappa shape index (κ1) is 24.0. The second kappa shape index (κ2) is 10.2. The van der Waals surface area contributed by atoms with Gasteiger partial charge >= 0.3 is 6.09 Å². The van der Waals surface area contributed by atoms with Gasteiger partial charge in [-0.3, -0.25) is 9.63 Å². The number of hydrogen-bond donors (Lipinski definition) is 3. The Balaban J connectivity index is 2.00. The zero-order valence-corrected chi connectivity index (χ0v) is 17.6. The van der Waals surface area contributed by atoms with E-state index >= 15 is 0 Å². The summed E-state index contributed by atoms with van der Waals surface area (Å²) in [7, 11) is 0. The van der Waals surface area contributed by atoms with E-state index in [9.17, 15) is 22.8 Å². The predicted molar refractivity (Wildman–Crippen MR) is 108 cm³/mol. The van der Waals surface area contributed by atoms with Crippen LogP contribution in [0.2, 0.25) is 0 Å². The van der Waals surface area contributed by atoms with Crippen molar-refractivity contribution in [3.63, 3.8) is 0 Å². The number of aryl methyl sites for hydroxylation is 1. The zero-order valence-electron chi connectivity index (χ0n) is 17.6. The van der Waals surface area contributed by atoms with E-state index in [0.29, 0.717) is 11.6 Å². The summed E-state index contributed by atoms with van der Waals surface area (Å²) in [5.41, 5.74) is 1.58. The predicted octanol–water partition coefficient (Wildman–Crippen LogP) is 4.34. The van der Waals surface area contributed by atoms with Gasteiger partial charge in [0.1, 0.15) is 11.4 Å². The Hall–Kier alpha value is -3.27. The molecule has 0 atom stereocenters. The molecule has 0 spiro atoms. The van der Waals surface area contributed by atoms with Crippen molar-refractivity contribution in [1.82, 2.24) is 10.8 Å². The number of rotatable bonds is 7. The number of anilines is 2. The Morgan fingerprint density at radius 1 is 0.968 bits per heavy atom. The smallest absolute Gasteiger partial charge is 0.407 e. The Kier molecular flexibility index (Phi) is 7.87. The number of ether oxygens (including phenoxy) is 1. The number of hydrogen-bond acceptors (Lipinski definition) is 5. The van der Waals surface area contributed by atoms with Gasteiger partial charge in [-0.15, -0.1) is 0 Å². The zero-order chi connectivity index (χ0) is 23.2. The van der Waals surface area contributed by atoms with Gasteiger partial charge in [0.2, 0.25) is 0 Å². The van der Waals surface area contributed by atoms with Crippen LogP contribution < -0.4 is 16.1 Å². The molecule has 0 bridgehead atoms. The van der Waals surface area contributed by atoms with Crippen LogP contribution in [-0.2, 0) is 9.57 Å². The van der Waals surface area contributed by atoms with Crippen LogP contribution in [0.4, 0.5) is 29.3 Å². The van der Waals surface area contributed by atoms with E-state index in [1.165, 1.54) is 12.1 Å². The highest BCUT2D eigenvalue weighted by Crippen LogP contribution is 2.26. The molecule has 2 rings (SSSR count). The molecule has 0 heterocycles. The van der Waals surface area contributed by atoms with E-state index in [1.807, 2.05) is 0 Å². The number of benzene rings is 2. The molecule has 0 fully saturated rings. The lowest BCUT2D eigenvalue weighted by atomic mass is 10.1. The van der Waals surface area contributed by atoms with Crippen molar-refractivity contribution < 1.29 is 32.3 Å². The third-order valence-electron chi connectivity index (χ3n) is 3.74. The molecule has 2 aromatic carbocycles. The maximum atomic E-state index is 14.1. The number of alkyl carbamates (subject to hydrolysis) is 1. The molecule has 7 nitrogen and oxygen atoms in total. The van der Waals surface area contributed by atoms with Gasteiger partial charge in [-0.25, -0.2) is 23.4 Å². The molecule has 0 saturated carbocycles. The van der Waals surface area contributed by atoms with Gasteiger partial charge in [0.05, 0.1) is 23.5 Å². The summed E-state index contributed by atoms with van der Waals surface area (Å²) in [5.74, 6) is -3.99. The van der Waals surface area contributed by atoms with E-state index in [2.05, 4.69) is 16.1 Å². The second-order valence-electron chi connectivity index (χ2n) is 7.63. The van der Waals surface area contributed by atoms with E-state index in [-0.39, 0.29) is 30.1 Å². The van der Waals surface area contributed by atoms with Crippen LogP contribution in [0.25, 0.3) is 0 Å². The number of carbonyl (C=O) groups excluding carboxylic acids is 2. The van der Waals surface area contributed by atoms with Crippen LogP contribution >= 0.6 is 0 Å². The molecule has 168 valence electrons. The Labute approximate surface area is 177 Å². The van der Waals surface area contributed by atoms with Gasteiger partial charge in [0, 0.05) is 12.6 Å². The standard InChI is InChI=1S/C21H24F3N3O4/c1-12-5-6-17(16(24)9-12)26-18-11-15(23)14(22)10-13(18)19(28)27-30-8-7-25-20(29)31-21(2,3)4/h5-6,9-11,26H,7-8H2,1-4H3,(H,25,29)(H,27,28). The van der Waals surface area contributed by atoms with Crippen LogP contribution in [0.5, 0.6) is 0 Å². The number of nitrogens with one attached hydrogen (secondary N) is 3. The van der Waals surface area contributed by atoms with Crippen molar-refractivity contribution in [2.45, 2.75) is 33.3 Å². The second-order valence-corrected chi connectivity index (χ2v) is 7.63. The first-order valence-electron chi connectivity index (χ1n) is 9.37. The average Bonchev–Trinajstić information content (AvgIpc) is 2.64. The average molecular weight is 439 g/mol. The lowest BCUT2D eigenvalue weighted by molar-refractivity contribution is 0.0284. The third-order valence-corrected chi connectivity index (χ3v) is 3.74. The van der Waals surface area contributed by atoms with Crippen molar-refractivity contribution in [2.75, 3.05) is 18.5 Å². The molecular weight excluding hydrogens is 415 g/mol. The largest absolute Gasteiger partial charge is 0.444 e. The van der Waals surface area contributed by atoms with Crippen LogP contribution in [0.1, 0.15) is 36.7 Å². The Morgan fingerprint density at radius 2 is 1.65 bits per heavy atom. The van der Waals surface area contributed by atoms with Crippen LogP contribution in [-0.4, -0.2) is 30.8 Å². The molecule has 2 aromatic rings. The number of carbonyl (C=O) groups is 2. The molecule has 0 aliphatic carbocycles. The molecule has 2 amide bonds. The van der Waals surface area contributed by atoms with Gasteiger partial charge in [-0.1, -0.05) is 6.07 Å². The van der Waals surface area contributed by atoms with Crippen LogP contribution in [0, 0.1) is 24.4 Å². The highest BCUT2D eigenvalue weighted by Gasteiger charge is 2.18. The third kappa shape index (κ3) is 7.49. The lowest BCUT2D eigenvalue weighted by Gasteiger charge is -2.19. The first-order chi connectivity index (χ1) is 14.5. The van der Waals surface area contributed by atoms with E-state index in [1.54, 1.807) is 33.8 Å². The maximum absolute atomic E-state index is 14.1. The van der Waals surface area contributed by atoms with Crippen molar-refractivity contribution in [3.05, 3.63) is 58.9 Å². The fourth-order valence-electron chi connectivity index (χ4n) is 2.39. The fourth-order valence-corrected chi connectivity index (χ4v) is 2.39. The molecular formula is C21H24F3N3O4. The molecule has 0 aromatic heterocycles. The summed E-state index contributed by atoms with van der Waals surface area (Å²) in [6, 6.07) is 5.69. The highest BCUT2D eigenvalue weighted by molar-refractivity contribution is 5.99. The molecule has 3 N–H and O–H groups in total. The molecule has 0 unspecified atom stereocenters. The minimum absolute atomic E-state index is 0.0202. The first-order valence-corrected chi connectivity index (χ1v) is 9.37. The topological polar surface area (TPSA) is 88.7 Å². The monoisotopic (exact) mass is 439 g/mol. The summed E-state index contributed by atoms with van der Waals surface area (Å²) in [6.07, 6.45) is -0.658. The normalized spacial score (nSPS) is 11.1. The quantitative estimate of drug-likeness (QED) is 0.441. The van der Waals surface area contributed by atoms with Gasteiger partial charge < -0.3 is 15.4 Å². The lowest BCUT2D eigenvalue weighted by Crippen LogP contribution is -2.35. The van der Waals surface area contributed by atoms with Crippen LogP contribution in [0.15, 0.2) is 30.3 Å². The molecule has 0 radical (unpaired) electrons. The number of halogens is 3. The number of hydroxylamine groups is 1. The van der Waals surface area contributed by atoms with Crippen LogP contribution in [0.3, 0.4) is 0 Å². The molecule has 10 heteroatoms. The molecule has 31 heavy (non-hydrogen) atoms. The van der Waals surface area contributed by atoms with Gasteiger partial charge in [0.15, 0.2) is 11.6 Å². The van der Waals surface area contributed by atoms with Gasteiger partial charge in [0.25, 0.3) is 5.91 Å². The molecule has 0 aliphatic rings.